The second kappa shape index (κ2) is 11.3. The lowest BCUT2D eigenvalue weighted by Crippen LogP contribution is -2.28. The van der Waals surface area contributed by atoms with Crippen LogP contribution in [0.15, 0.2) is 47.8 Å². The molecular weight excluding hydrogens is 559 g/mol. The lowest BCUT2D eigenvalue weighted by Gasteiger charge is -2.11. The minimum Gasteiger partial charge on any atom is -0.370 e. The van der Waals surface area contributed by atoms with Crippen molar-refractivity contribution in [2.24, 2.45) is 5.73 Å². The summed E-state index contributed by atoms with van der Waals surface area (Å²) in [5.74, 6) is -1.54. The molecule has 4 N–H and O–H groups in total. The van der Waals surface area contributed by atoms with Crippen LogP contribution < -0.4 is 16.4 Å². The number of benzene rings is 2. The number of hydrogen-bond acceptors (Lipinski definition) is 6. The molecule has 13 heteroatoms. The number of anilines is 1. The maximum Gasteiger partial charge on any atom is 0.278 e. The molecule has 4 aromatic rings. The molecule has 2 aromatic heterocycles. The fraction of sp³-hybridized carbons (Fsp3) is 0.125. The van der Waals surface area contributed by atoms with Gasteiger partial charge in [-0.25, -0.2) is 9.67 Å². The van der Waals surface area contributed by atoms with Crippen LogP contribution in [0.5, 0.6) is 0 Å². The van der Waals surface area contributed by atoms with Gasteiger partial charge in [0.1, 0.15) is 5.69 Å². The lowest BCUT2D eigenvalue weighted by molar-refractivity contribution is -0.117. The smallest absolute Gasteiger partial charge is 0.278 e. The van der Waals surface area contributed by atoms with Crippen molar-refractivity contribution in [1.29, 1.82) is 0 Å². The Hall–Kier alpha value is -3.44. The number of thiazole rings is 1. The molecular formula is C24H19Cl3N6O3S. The summed E-state index contributed by atoms with van der Waals surface area (Å²) in [5.41, 5.74) is 7.84. The van der Waals surface area contributed by atoms with Gasteiger partial charge < -0.3 is 11.1 Å². The van der Waals surface area contributed by atoms with Gasteiger partial charge in [0.25, 0.3) is 11.8 Å². The van der Waals surface area contributed by atoms with Gasteiger partial charge in [-0.15, -0.1) is 11.3 Å². The number of nitrogens with zero attached hydrogens (tertiary/aromatic N) is 3. The van der Waals surface area contributed by atoms with Crippen molar-refractivity contribution in [1.82, 2.24) is 20.1 Å². The number of carbonyl (C=O) groups excluding carboxylic acids is 3. The first-order valence-electron chi connectivity index (χ1n) is 10.8. The molecule has 0 bridgehead atoms. The Balaban J connectivity index is 1.65. The molecule has 2 aromatic carbocycles. The van der Waals surface area contributed by atoms with E-state index in [1.165, 1.54) is 5.38 Å². The zero-order chi connectivity index (χ0) is 26.7. The Morgan fingerprint density at radius 1 is 1.03 bits per heavy atom. The van der Waals surface area contributed by atoms with Crippen LogP contribution in [0.25, 0.3) is 16.9 Å². The molecule has 2 heterocycles. The van der Waals surface area contributed by atoms with Gasteiger partial charge >= 0.3 is 0 Å². The van der Waals surface area contributed by atoms with E-state index < -0.39 is 17.7 Å². The van der Waals surface area contributed by atoms with Crippen molar-refractivity contribution < 1.29 is 14.4 Å². The third-order valence-electron chi connectivity index (χ3n) is 5.21. The molecule has 0 aliphatic carbocycles. The molecule has 0 radical (unpaired) electrons. The van der Waals surface area contributed by atoms with Crippen molar-refractivity contribution >= 4 is 69.0 Å². The molecule has 190 valence electrons. The Morgan fingerprint density at radius 2 is 1.73 bits per heavy atom. The quantitative estimate of drug-likeness (QED) is 0.267. The Bertz CT molecular complexity index is 1500. The monoisotopic (exact) mass is 576 g/mol. The van der Waals surface area contributed by atoms with E-state index in [9.17, 15) is 14.4 Å². The van der Waals surface area contributed by atoms with Crippen molar-refractivity contribution in [3.8, 4) is 16.9 Å². The van der Waals surface area contributed by atoms with E-state index in [-0.39, 0.29) is 29.5 Å². The second-order valence-electron chi connectivity index (χ2n) is 7.80. The third-order valence-corrected chi connectivity index (χ3v) is 6.75. The van der Waals surface area contributed by atoms with Crippen LogP contribution in [0.2, 0.25) is 15.1 Å². The molecule has 0 spiro atoms. The molecule has 0 unspecified atom stereocenters. The summed E-state index contributed by atoms with van der Waals surface area (Å²) in [6.45, 7) is 1.86. The topological polar surface area (TPSA) is 132 Å². The first-order chi connectivity index (χ1) is 17.6. The number of halogens is 3. The standard InChI is InChI=1S/C24H19Cl3N6O3S/c1-12-20(23(36)31-24-30-17(11-37-24)22(35)29-9-8-19(28)34)32-33(18-7-6-15(26)10-16(18)27)21(12)13-2-4-14(25)5-3-13/h2-7,10-11H,8-9H2,1H3,(H2,28,34)(H,29,35)(H,30,31,36). The zero-order valence-corrected chi connectivity index (χ0v) is 22.3. The van der Waals surface area contributed by atoms with Crippen LogP contribution in [-0.4, -0.2) is 39.0 Å². The largest absolute Gasteiger partial charge is 0.370 e. The van der Waals surface area contributed by atoms with Crippen molar-refractivity contribution in [3.63, 3.8) is 0 Å². The third kappa shape index (κ3) is 6.11. The van der Waals surface area contributed by atoms with Crippen molar-refractivity contribution in [3.05, 3.63) is 79.9 Å². The van der Waals surface area contributed by atoms with Crippen LogP contribution in [0.3, 0.4) is 0 Å². The van der Waals surface area contributed by atoms with Crippen LogP contribution >= 0.6 is 46.1 Å². The van der Waals surface area contributed by atoms with Gasteiger partial charge in [-0.05, 0) is 37.3 Å². The van der Waals surface area contributed by atoms with Crippen molar-refractivity contribution in [2.45, 2.75) is 13.3 Å². The van der Waals surface area contributed by atoms with Crippen LogP contribution in [0, 0.1) is 6.92 Å². The summed E-state index contributed by atoms with van der Waals surface area (Å²) in [6.07, 6.45) is 0.00892. The van der Waals surface area contributed by atoms with E-state index in [1.807, 2.05) is 12.1 Å². The van der Waals surface area contributed by atoms with Gasteiger partial charge in [-0.2, -0.15) is 5.10 Å². The second-order valence-corrected chi connectivity index (χ2v) is 9.94. The summed E-state index contributed by atoms with van der Waals surface area (Å²) in [6, 6.07) is 12.1. The molecule has 0 aliphatic rings. The summed E-state index contributed by atoms with van der Waals surface area (Å²) >= 11 is 19.7. The lowest BCUT2D eigenvalue weighted by atomic mass is 10.1. The van der Waals surface area contributed by atoms with E-state index in [4.69, 9.17) is 40.5 Å². The highest BCUT2D eigenvalue weighted by Crippen LogP contribution is 2.33. The predicted molar refractivity (Wildman–Crippen MR) is 145 cm³/mol. The fourth-order valence-corrected chi connectivity index (χ4v) is 4.77. The van der Waals surface area contributed by atoms with Crippen LogP contribution in [0.4, 0.5) is 5.13 Å². The number of primary amides is 1. The number of amides is 3. The SMILES string of the molecule is Cc1c(C(=O)Nc2nc(C(=O)NCCC(N)=O)cs2)nn(-c2ccc(Cl)cc2Cl)c1-c1ccc(Cl)cc1. The van der Waals surface area contributed by atoms with E-state index >= 15 is 0 Å². The number of aromatic nitrogens is 3. The average molecular weight is 578 g/mol. The number of carbonyl (C=O) groups is 3. The molecule has 3 amide bonds. The summed E-state index contributed by atoms with van der Waals surface area (Å²) in [5, 5.41) is 12.9. The minimum absolute atomic E-state index is 0.00892. The fourth-order valence-electron chi connectivity index (χ4n) is 3.47. The summed E-state index contributed by atoms with van der Waals surface area (Å²) < 4.78 is 1.58. The van der Waals surface area contributed by atoms with Gasteiger partial charge in [0.15, 0.2) is 10.8 Å². The van der Waals surface area contributed by atoms with Gasteiger partial charge in [0, 0.05) is 39.5 Å². The first kappa shape index (κ1) is 26.6. The highest BCUT2D eigenvalue weighted by Gasteiger charge is 2.24. The molecule has 4 rings (SSSR count). The summed E-state index contributed by atoms with van der Waals surface area (Å²) in [4.78, 5) is 40.4. The highest BCUT2D eigenvalue weighted by molar-refractivity contribution is 7.14. The number of nitrogens with two attached hydrogens (primary N) is 1. The van der Waals surface area contributed by atoms with E-state index in [0.29, 0.717) is 32.0 Å². The molecule has 0 aliphatic heterocycles. The van der Waals surface area contributed by atoms with E-state index in [0.717, 1.165) is 16.9 Å². The highest BCUT2D eigenvalue weighted by atomic mass is 35.5. The maximum atomic E-state index is 13.2. The van der Waals surface area contributed by atoms with Gasteiger partial charge in [-0.1, -0.05) is 46.9 Å². The van der Waals surface area contributed by atoms with Gasteiger partial charge in [0.2, 0.25) is 5.91 Å². The van der Waals surface area contributed by atoms with E-state index in [1.54, 1.807) is 41.9 Å². The van der Waals surface area contributed by atoms with Gasteiger partial charge in [-0.3, -0.25) is 19.7 Å². The van der Waals surface area contributed by atoms with E-state index in [2.05, 4.69) is 20.7 Å². The first-order valence-corrected chi connectivity index (χ1v) is 12.8. The molecule has 37 heavy (non-hydrogen) atoms. The number of nitrogens with one attached hydrogen (secondary N) is 2. The molecule has 0 fully saturated rings. The normalized spacial score (nSPS) is 10.8. The predicted octanol–water partition coefficient (Wildman–Crippen LogP) is 5.12. The Kier molecular flexibility index (Phi) is 8.13. The van der Waals surface area contributed by atoms with Crippen LogP contribution in [-0.2, 0) is 4.79 Å². The minimum atomic E-state index is -0.529. The Labute approximate surface area is 230 Å². The maximum absolute atomic E-state index is 13.2. The Morgan fingerprint density at radius 3 is 2.41 bits per heavy atom. The number of rotatable bonds is 8. The van der Waals surface area contributed by atoms with Crippen LogP contribution in [0.1, 0.15) is 33.0 Å². The number of hydrogen-bond donors (Lipinski definition) is 3. The van der Waals surface area contributed by atoms with Crippen molar-refractivity contribution in [2.75, 3.05) is 11.9 Å². The van der Waals surface area contributed by atoms with Gasteiger partial charge in [0.05, 0.1) is 16.4 Å². The molecule has 9 nitrogen and oxygen atoms in total. The zero-order valence-electron chi connectivity index (χ0n) is 19.2. The molecule has 0 atom stereocenters. The average Bonchev–Trinajstić information content (AvgIpc) is 3.44. The summed E-state index contributed by atoms with van der Waals surface area (Å²) in [7, 11) is 0. The molecule has 0 saturated carbocycles. The molecule has 0 saturated heterocycles.